The number of carbonyl (C=O) groups excluding carboxylic acids is 3. The summed E-state index contributed by atoms with van der Waals surface area (Å²) < 4.78 is 0. The quantitative estimate of drug-likeness (QED) is 0.757. The van der Waals surface area contributed by atoms with Crippen molar-refractivity contribution in [3.8, 4) is 0 Å². The Balaban J connectivity index is 2.00. The van der Waals surface area contributed by atoms with Gasteiger partial charge >= 0.3 is 5.97 Å². The number of rotatable bonds is 4. The van der Waals surface area contributed by atoms with E-state index in [1.54, 1.807) is 6.92 Å². The molecular formula is C14H20N2O5. The van der Waals surface area contributed by atoms with Gasteiger partial charge in [-0.25, -0.2) is 4.79 Å². The van der Waals surface area contributed by atoms with E-state index in [0.717, 1.165) is 17.7 Å². The van der Waals surface area contributed by atoms with Gasteiger partial charge in [-0.1, -0.05) is 0 Å². The van der Waals surface area contributed by atoms with Crippen molar-refractivity contribution in [2.75, 3.05) is 13.1 Å². The summed E-state index contributed by atoms with van der Waals surface area (Å²) in [5.41, 5.74) is -1.19. The number of carbonyl (C=O) groups is 4. The lowest BCUT2D eigenvalue weighted by molar-refractivity contribution is -0.161. The fourth-order valence-electron chi connectivity index (χ4n) is 2.96. The first-order valence-corrected chi connectivity index (χ1v) is 7.23. The Morgan fingerprint density at radius 3 is 2.38 bits per heavy atom. The van der Waals surface area contributed by atoms with Crippen molar-refractivity contribution in [3.63, 3.8) is 0 Å². The van der Waals surface area contributed by atoms with Gasteiger partial charge in [-0.3, -0.25) is 19.3 Å². The molecule has 1 unspecified atom stereocenters. The zero-order chi connectivity index (χ0) is 15.6. The third-order valence-electron chi connectivity index (χ3n) is 4.36. The highest BCUT2D eigenvalue weighted by molar-refractivity contribution is 6.02. The highest BCUT2D eigenvalue weighted by atomic mass is 16.4. The van der Waals surface area contributed by atoms with Gasteiger partial charge in [0.1, 0.15) is 5.54 Å². The van der Waals surface area contributed by atoms with E-state index in [9.17, 15) is 24.3 Å². The molecule has 2 rings (SSSR count). The van der Waals surface area contributed by atoms with E-state index in [-0.39, 0.29) is 43.5 Å². The Morgan fingerprint density at radius 2 is 1.81 bits per heavy atom. The van der Waals surface area contributed by atoms with Crippen LogP contribution in [0.1, 0.15) is 45.4 Å². The summed E-state index contributed by atoms with van der Waals surface area (Å²) in [7, 11) is 0. The second-order valence-corrected chi connectivity index (χ2v) is 5.77. The third kappa shape index (κ3) is 2.91. The maximum atomic E-state index is 12.3. The molecular weight excluding hydrogens is 276 g/mol. The molecule has 0 saturated carbocycles. The average molecular weight is 296 g/mol. The number of carboxylic acid groups (broad SMARTS) is 1. The summed E-state index contributed by atoms with van der Waals surface area (Å²) in [4.78, 5) is 49.2. The molecule has 3 amide bonds. The number of likely N-dealkylation sites (tertiary alicyclic amines) is 2. The number of hydrogen-bond donors (Lipinski definition) is 1. The van der Waals surface area contributed by atoms with E-state index in [0.29, 0.717) is 13.0 Å². The number of aliphatic carboxylic acids is 1. The monoisotopic (exact) mass is 296 g/mol. The van der Waals surface area contributed by atoms with Gasteiger partial charge in [0.05, 0.1) is 0 Å². The van der Waals surface area contributed by atoms with Gasteiger partial charge in [0.2, 0.25) is 17.7 Å². The topological polar surface area (TPSA) is 95.0 Å². The summed E-state index contributed by atoms with van der Waals surface area (Å²) in [6, 6.07) is 0. The maximum Gasteiger partial charge on any atom is 0.329 e. The molecule has 2 heterocycles. The van der Waals surface area contributed by atoms with E-state index in [2.05, 4.69) is 0 Å². The largest absolute Gasteiger partial charge is 0.480 e. The zero-order valence-electron chi connectivity index (χ0n) is 12.1. The van der Waals surface area contributed by atoms with Gasteiger partial charge in [-0.2, -0.15) is 0 Å². The summed E-state index contributed by atoms with van der Waals surface area (Å²) in [6.07, 6.45) is 2.36. The summed E-state index contributed by atoms with van der Waals surface area (Å²) in [5.74, 6) is -1.84. The van der Waals surface area contributed by atoms with E-state index >= 15 is 0 Å². The van der Waals surface area contributed by atoms with E-state index < -0.39 is 11.5 Å². The molecule has 0 aliphatic carbocycles. The van der Waals surface area contributed by atoms with Crippen LogP contribution in [0.5, 0.6) is 0 Å². The van der Waals surface area contributed by atoms with Crippen molar-refractivity contribution in [1.29, 1.82) is 0 Å². The fourth-order valence-corrected chi connectivity index (χ4v) is 2.96. The third-order valence-corrected chi connectivity index (χ3v) is 4.36. The summed E-state index contributed by atoms with van der Waals surface area (Å²) >= 11 is 0. The molecule has 0 aromatic rings. The number of amides is 3. The molecule has 0 radical (unpaired) electrons. The first-order valence-electron chi connectivity index (χ1n) is 7.23. The van der Waals surface area contributed by atoms with Crippen LogP contribution in [0.4, 0.5) is 0 Å². The molecule has 21 heavy (non-hydrogen) atoms. The highest BCUT2D eigenvalue weighted by Gasteiger charge is 2.43. The van der Waals surface area contributed by atoms with Gasteiger partial charge in [-0.05, 0) is 26.2 Å². The zero-order valence-corrected chi connectivity index (χ0v) is 12.1. The minimum atomic E-state index is -1.19. The lowest BCUT2D eigenvalue weighted by Crippen LogP contribution is -2.57. The molecule has 0 bridgehead atoms. The normalized spacial score (nSPS) is 26.3. The number of imide groups is 1. The highest BCUT2D eigenvalue weighted by Crippen LogP contribution is 2.29. The van der Waals surface area contributed by atoms with Crippen LogP contribution < -0.4 is 0 Å². The van der Waals surface area contributed by atoms with Gasteiger partial charge < -0.3 is 10.0 Å². The van der Waals surface area contributed by atoms with Crippen molar-refractivity contribution in [1.82, 2.24) is 9.80 Å². The van der Waals surface area contributed by atoms with Crippen molar-refractivity contribution in [2.45, 2.75) is 51.0 Å². The Hall–Kier alpha value is -1.92. The van der Waals surface area contributed by atoms with Gasteiger partial charge in [0, 0.05) is 32.4 Å². The van der Waals surface area contributed by atoms with E-state index in [4.69, 9.17) is 0 Å². The molecule has 2 fully saturated rings. The Bertz CT molecular complexity index is 474. The first kappa shape index (κ1) is 15.5. The van der Waals surface area contributed by atoms with Crippen molar-refractivity contribution in [2.24, 2.45) is 0 Å². The number of nitrogens with zero attached hydrogens (tertiary/aromatic N) is 2. The smallest absolute Gasteiger partial charge is 0.329 e. The van der Waals surface area contributed by atoms with Crippen LogP contribution in [0.25, 0.3) is 0 Å². The van der Waals surface area contributed by atoms with Crippen LogP contribution in [0, 0.1) is 0 Å². The number of piperidine rings is 1. The Morgan fingerprint density at radius 1 is 1.19 bits per heavy atom. The predicted octanol–water partition coefficient (Wildman–Crippen LogP) is 0.381. The van der Waals surface area contributed by atoms with Crippen molar-refractivity contribution < 1.29 is 24.3 Å². The van der Waals surface area contributed by atoms with Crippen LogP contribution >= 0.6 is 0 Å². The first-order chi connectivity index (χ1) is 9.86. The molecule has 116 valence electrons. The maximum absolute atomic E-state index is 12.3. The molecule has 0 aromatic heterocycles. The van der Waals surface area contributed by atoms with Gasteiger partial charge in [0.15, 0.2) is 0 Å². The molecule has 0 spiro atoms. The molecule has 7 nitrogen and oxygen atoms in total. The molecule has 1 atom stereocenters. The van der Waals surface area contributed by atoms with E-state index in [1.165, 1.54) is 4.90 Å². The summed E-state index contributed by atoms with van der Waals surface area (Å²) in [6.45, 7) is 2.00. The van der Waals surface area contributed by atoms with Crippen LogP contribution in [-0.4, -0.2) is 57.2 Å². The molecule has 0 aromatic carbocycles. The molecule has 2 saturated heterocycles. The predicted molar refractivity (Wildman–Crippen MR) is 72.2 cm³/mol. The minimum Gasteiger partial charge on any atom is -0.480 e. The standard InChI is InChI=1S/C14H20N2O5/c1-14(13(20)21)7-2-3-8-16(14)12(19)6-9-15-10(17)4-5-11(15)18/h2-9H2,1H3,(H,20,21). The van der Waals surface area contributed by atoms with Gasteiger partial charge in [0.25, 0.3) is 0 Å². The van der Waals surface area contributed by atoms with Crippen LogP contribution in [0.2, 0.25) is 0 Å². The average Bonchev–Trinajstić information content (AvgIpc) is 2.76. The SMILES string of the molecule is CC1(C(=O)O)CCCCN1C(=O)CCN1C(=O)CCC1=O. The van der Waals surface area contributed by atoms with Crippen molar-refractivity contribution in [3.05, 3.63) is 0 Å². The van der Waals surface area contributed by atoms with Crippen molar-refractivity contribution >= 4 is 23.7 Å². The molecule has 2 aliphatic heterocycles. The molecule has 2 aliphatic rings. The number of hydrogen-bond acceptors (Lipinski definition) is 4. The lowest BCUT2D eigenvalue weighted by Gasteiger charge is -2.41. The second kappa shape index (κ2) is 5.83. The molecule has 7 heteroatoms. The minimum absolute atomic E-state index is 0.0135. The molecule has 1 N–H and O–H groups in total. The Labute approximate surface area is 122 Å². The lowest BCUT2D eigenvalue weighted by atomic mass is 9.88. The van der Waals surface area contributed by atoms with Crippen LogP contribution in [-0.2, 0) is 19.2 Å². The Kier molecular flexibility index (Phi) is 4.29. The number of carboxylic acids is 1. The fraction of sp³-hybridized carbons (Fsp3) is 0.714. The van der Waals surface area contributed by atoms with Gasteiger partial charge in [-0.15, -0.1) is 0 Å². The van der Waals surface area contributed by atoms with E-state index in [1.807, 2.05) is 0 Å². The second-order valence-electron chi connectivity index (χ2n) is 5.77. The summed E-state index contributed by atoms with van der Waals surface area (Å²) in [5, 5.41) is 9.37. The van der Waals surface area contributed by atoms with Crippen LogP contribution in [0.15, 0.2) is 0 Å². The van der Waals surface area contributed by atoms with Crippen LogP contribution in [0.3, 0.4) is 0 Å².